The van der Waals surface area contributed by atoms with Gasteiger partial charge in [-0.05, 0) is 199 Å². The Morgan fingerprint density at radius 2 is 0.776 bits per heavy atom. The van der Waals surface area contributed by atoms with Gasteiger partial charge in [-0.3, -0.25) is 0 Å². The highest BCUT2D eigenvalue weighted by molar-refractivity contribution is 7.25. The number of benzene rings is 6. The zero-order valence-corrected chi connectivity index (χ0v) is 34.0. The molecular weight excluding hydrogens is 719 g/mol. The quantitative estimate of drug-likeness (QED) is 0.173. The summed E-state index contributed by atoms with van der Waals surface area (Å²) in [5.41, 5.74) is 16.8. The van der Waals surface area contributed by atoms with Crippen LogP contribution in [0.1, 0.15) is 86.5 Å². The molecular formula is C56H49NS. The van der Waals surface area contributed by atoms with Gasteiger partial charge in [-0.25, -0.2) is 0 Å². The molecule has 1 nitrogen and oxygen atoms in total. The highest BCUT2D eigenvalue weighted by atomic mass is 32.1. The Morgan fingerprint density at radius 1 is 0.362 bits per heavy atom. The van der Waals surface area contributed by atoms with Crippen molar-refractivity contribution in [2.45, 2.75) is 75.0 Å². The van der Waals surface area contributed by atoms with E-state index in [-0.39, 0.29) is 10.8 Å². The summed E-state index contributed by atoms with van der Waals surface area (Å²) < 4.78 is 2.75. The topological polar surface area (TPSA) is 3.24 Å². The number of hydrogen-bond acceptors (Lipinski definition) is 2. The van der Waals surface area contributed by atoms with Crippen LogP contribution in [0.5, 0.6) is 0 Å². The monoisotopic (exact) mass is 767 g/mol. The van der Waals surface area contributed by atoms with E-state index >= 15 is 0 Å². The maximum atomic E-state index is 2.72. The van der Waals surface area contributed by atoms with E-state index in [1.807, 2.05) is 11.3 Å². The lowest BCUT2D eigenvalue weighted by Crippen LogP contribution is -2.55. The first-order valence-electron chi connectivity index (χ1n) is 22.8. The molecule has 8 saturated carbocycles. The maximum Gasteiger partial charge on any atom is 0.0476 e. The van der Waals surface area contributed by atoms with E-state index < -0.39 is 0 Å². The molecule has 17 rings (SSSR count). The zero-order chi connectivity index (χ0) is 37.5. The summed E-state index contributed by atoms with van der Waals surface area (Å²) in [6, 6.07) is 51.1. The molecule has 2 heteroatoms. The molecule has 1 aromatic heterocycles. The fourth-order valence-electron chi connectivity index (χ4n) is 16.9. The zero-order valence-electron chi connectivity index (χ0n) is 33.2. The van der Waals surface area contributed by atoms with Crippen LogP contribution in [0.3, 0.4) is 0 Å². The van der Waals surface area contributed by atoms with Crippen molar-refractivity contribution in [3.8, 4) is 22.3 Å². The van der Waals surface area contributed by atoms with E-state index in [1.165, 1.54) is 124 Å². The largest absolute Gasteiger partial charge is 0.310 e. The predicted molar refractivity (Wildman–Crippen MR) is 241 cm³/mol. The summed E-state index contributed by atoms with van der Waals surface area (Å²) in [4.78, 5) is 2.68. The summed E-state index contributed by atoms with van der Waals surface area (Å²) in [6.45, 7) is 0. The number of nitrogens with zero attached hydrogens (tertiary/aromatic N) is 1. The average molecular weight is 768 g/mol. The summed E-state index contributed by atoms with van der Waals surface area (Å²) in [7, 11) is 0. The van der Waals surface area contributed by atoms with Crippen LogP contribution < -0.4 is 4.90 Å². The van der Waals surface area contributed by atoms with Crippen molar-refractivity contribution in [3.63, 3.8) is 0 Å². The first-order valence-corrected chi connectivity index (χ1v) is 23.7. The second-order valence-corrected chi connectivity index (χ2v) is 21.6. The van der Waals surface area contributed by atoms with Crippen molar-refractivity contribution < 1.29 is 0 Å². The van der Waals surface area contributed by atoms with Crippen molar-refractivity contribution in [1.29, 1.82) is 0 Å². The van der Waals surface area contributed by atoms with Crippen LogP contribution in [0.2, 0.25) is 0 Å². The van der Waals surface area contributed by atoms with E-state index in [0.29, 0.717) is 0 Å². The smallest absolute Gasteiger partial charge is 0.0476 e. The van der Waals surface area contributed by atoms with E-state index in [0.717, 1.165) is 47.3 Å². The molecule has 1 heterocycles. The molecule has 0 aliphatic heterocycles. The van der Waals surface area contributed by atoms with E-state index in [2.05, 4.69) is 132 Å². The number of hydrogen-bond donors (Lipinski definition) is 0. The molecule has 0 amide bonds. The van der Waals surface area contributed by atoms with Crippen LogP contribution >= 0.6 is 11.3 Å². The minimum absolute atomic E-state index is 0.139. The molecule has 8 fully saturated rings. The highest BCUT2D eigenvalue weighted by Gasteiger charge is 2.63. The van der Waals surface area contributed by atoms with E-state index in [9.17, 15) is 0 Å². The average Bonchev–Trinajstić information content (AvgIpc) is 3.86. The van der Waals surface area contributed by atoms with Gasteiger partial charge in [-0.15, -0.1) is 11.3 Å². The molecule has 8 bridgehead atoms. The van der Waals surface area contributed by atoms with Gasteiger partial charge in [-0.2, -0.15) is 0 Å². The first-order chi connectivity index (χ1) is 28.6. The fourth-order valence-corrected chi connectivity index (χ4v) is 18.0. The molecule has 6 aromatic carbocycles. The first kappa shape index (κ1) is 32.2. The number of thiophene rings is 1. The Labute approximate surface area is 346 Å². The van der Waals surface area contributed by atoms with Crippen molar-refractivity contribution >= 4 is 48.6 Å². The van der Waals surface area contributed by atoms with Crippen LogP contribution in [-0.4, -0.2) is 0 Å². The normalized spacial score (nSPS) is 33.7. The van der Waals surface area contributed by atoms with Crippen molar-refractivity contribution in [3.05, 3.63) is 150 Å². The number of rotatable bonds is 3. The third-order valence-corrected chi connectivity index (χ3v) is 19.3. The van der Waals surface area contributed by atoms with Gasteiger partial charge in [0.15, 0.2) is 0 Å². The molecule has 0 saturated heterocycles. The molecule has 0 N–H and O–H groups in total. The van der Waals surface area contributed by atoms with E-state index in [4.69, 9.17) is 0 Å². The van der Waals surface area contributed by atoms with Crippen molar-refractivity contribution in [1.82, 2.24) is 0 Å². The molecule has 0 atom stereocenters. The highest BCUT2D eigenvalue weighted by Crippen LogP contribution is 2.71. The van der Waals surface area contributed by atoms with Gasteiger partial charge in [0.25, 0.3) is 0 Å². The van der Waals surface area contributed by atoms with Gasteiger partial charge < -0.3 is 4.90 Å². The Kier molecular flexibility index (Phi) is 6.18. The number of anilines is 3. The van der Waals surface area contributed by atoms with Crippen molar-refractivity contribution in [2.75, 3.05) is 4.90 Å². The van der Waals surface area contributed by atoms with Crippen molar-refractivity contribution in [2.24, 2.45) is 47.3 Å². The summed E-state index contributed by atoms with van der Waals surface area (Å²) in [6.07, 6.45) is 14.3. The molecule has 10 aliphatic rings. The summed E-state index contributed by atoms with van der Waals surface area (Å²) in [5, 5.41) is 2.75. The van der Waals surface area contributed by atoms with Crippen LogP contribution in [-0.2, 0) is 10.8 Å². The minimum atomic E-state index is 0.139. The molecule has 2 spiro atoms. The third-order valence-electron chi connectivity index (χ3n) is 18.2. The molecule has 10 aliphatic carbocycles. The molecule has 0 unspecified atom stereocenters. The maximum absolute atomic E-state index is 2.72. The lowest BCUT2D eigenvalue weighted by molar-refractivity contribution is -0.0399. The van der Waals surface area contributed by atoms with Crippen LogP contribution in [0, 0.1) is 47.3 Å². The second-order valence-electron chi connectivity index (χ2n) is 20.5. The minimum Gasteiger partial charge on any atom is -0.310 e. The lowest BCUT2D eigenvalue weighted by Gasteiger charge is -2.61. The van der Waals surface area contributed by atoms with Crippen LogP contribution in [0.15, 0.2) is 127 Å². The van der Waals surface area contributed by atoms with Gasteiger partial charge in [0.05, 0.1) is 0 Å². The van der Waals surface area contributed by atoms with Gasteiger partial charge in [0.1, 0.15) is 0 Å². The Balaban J connectivity index is 0.964. The molecule has 0 radical (unpaired) electrons. The third kappa shape index (κ3) is 3.87. The Morgan fingerprint density at radius 3 is 1.31 bits per heavy atom. The lowest BCUT2D eigenvalue weighted by atomic mass is 9.43. The summed E-state index contributed by atoms with van der Waals surface area (Å²) in [5.74, 6) is 6.74. The van der Waals surface area contributed by atoms with E-state index in [1.54, 1.807) is 22.3 Å². The molecule has 58 heavy (non-hydrogen) atoms. The van der Waals surface area contributed by atoms with Gasteiger partial charge in [-0.1, -0.05) is 84.9 Å². The number of fused-ring (bicyclic) bond motifs is 9. The fraction of sp³-hybridized carbons (Fsp3) is 0.357. The second kappa shape index (κ2) is 11.1. The Hall–Kier alpha value is -4.66. The standard InChI is InChI=1S/C56H49NS/c1-4-10-49-43(7-1)45-16-13-40(29-51(45)55(49)36-21-32-19-33(23-36)24-37(55)22-32)57(42-15-18-48-47-9-3-6-12-53(47)58-54(48)31-42)41-14-17-46-44-8-2-5-11-50(44)56(52(46)30-41)38-25-34-20-35(27-38)28-39(56)26-34/h1-18,29-39H,19-28H2. The Bertz CT molecular complexity index is 2710. The summed E-state index contributed by atoms with van der Waals surface area (Å²) >= 11 is 1.95. The SMILES string of the molecule is c1ccc2c(c1)-c1ccc(N(c3ccc4c(c3)C3(c5ccccc5-4)C4CC5CC(C4)CC3C5)c3ccc4c(c3)sc3ccccc34)cc1C21C2CC3CC(C2)CC1C3. The molecule has 284 valence electrons. The predicted octanol–water partition coefficient (Wildman–Crippen LogP) is 15.0. The van der Waals surface area contributed by atoms with Crippen LogP contribution in [0.25, 0.3) is 42.4 Å². The van der Waals surface area contributed by atoms with Gasteiger partial charge in [0.2, 0.25) is 0 Å². The molecule has 7 aromatic rings. The van der Waals surface area contributed by atoms with Crippen LogP contribution in [0.4, 0.5) is 17.1 Å². The van der Waals surface area contributed by atoms with Gasteiger partial charge >= 0.3 is 0 Å². The van der Waals surface area contributed by atoms with Gasteiger partial charge in [0, 0.05) is 48.1 Å².